The zero-order chi connectivity index (χ0) is 17.9. The summed E-state index contributed by atoms with van der Waals surface area (Å²) in [5.41, 5.74) is 2.79. The van der Waals surface area contributed by atoms with E-state index in [2.05, 4.69) is 21.6 Å². The van der Waals surface area contributed by atoms with Gasteiger partial charge in [0.2, 0.25) is 0 Å². The van der Waals surface area contributed by atoms with Crippen molar-refractivity contribution in [2.24, 2.45) is 0 Å². The molecule has 6 heteroatoms. The first-order valence-corrected chi connectivity index (χ1v) is 8.89. The first-order valence-electron chi connectivity index (χ1n) is 8.89. The summed E-state index contributed by atoms with van der Waals surface area (Å²) >= 11 is 0. The van der Waals surface area contributed by atoms with E-state index < -0.39 is 0 Å². The van der Waals surface area contributed by atoms with E-state index in [1.54, 1.807) is 13.3 Å². The van der Waals surface area contributed by atoms with Gasteiger partial charge in [0, 0.05) is 17.6 Å². The smallest absolute Gasteiger partial charge is 0.322 e. The van der Waals surface area contributed by atoms with Gasteiger partial charge in [0.15, 0.2) is 0 Å². The number of aromatic amines is 1. The summed E-state index contributed by atoms with van der Waals surface area (Å²) in [6.45, 7) is 0.750. The van der Waals surface area contributed by atoms with Gasteiger partial charge < -0.3 is 15.0 Å². The summed E-state index contributed by atoms with van der Waals surface area (Å²) in [7, 11) is 1.66. The second-order valence-corrected chi connectivity index (χ2v) is 6.58. The highest BCUT2D eigenvalue weighted by Crippen LogP contribution is 2.33. The van der Waals surface area contributed by atoms with Gasteiger partial charge >= 0.3 is 6.03 Å². The van der Waals surface area contributed by atoms with Gasteiger partial charge in [-0.15, -0.1) is 0 Å². The van der Waals surface area contributed by atoms with Gasteiger partial charge in [-0.3, -0.25) is 5.10 Å². The number of amides is 2. The van der Waals surface area contributed by atoms with E-state index in [0.29, 0.717) is 0 Å². The normalized spacial score (nSPS) is 17.3. The number of hydrogen-bond donors (Lipinski definition) is 2. The van der Waals surface area contributed by atoms with E-state index in [4.69, 9.17) is 4.74 Å². The van der Waals surface area contributed by atoms with Gasteiger partial charge in [-0.05, 0) is 55.2 Å². The number of nitrogens with zero attached hydrogens (tertiary/aromatic N) is 2. The highest BCUT2D eigenvalue weighted by atomic mass is 16.5. The van der Waals surface area contributed by atoms with Crippen LogP contribution in [0.4, 0.5) is 10.5 Å². The molecule has 1 saturated heterocycles. The van der Waals surface area contributed by atoms with Crippen LogP contribution >= 0.6 is 0 Å². The molecule has 134 valence electrons. The van der Waals surface area contributed by atoms with Crippen LogP contribution in [0.15, 0.2) is 48.7 Å². The Morgan fingerprint density at radius 2 is 2.19 bits per heavy atom. The molecule has 6 nitrogen and oxygen atoms in total. The number of H-pyrrole nitrogens is 1. The number of benzene rings is 2. The van der Waals surface area contributed by atoms with Gasteiger partial charge in [0.25, 0.3) is 0 Å². The number of ether oxygens (including phenoxy) is 1. The summed E-state index contributed by atoms with van der Waals surface area (Å²) in [4.78, 5) is 14.9. The maximum Gasteiger partial charge on any atom is 0.322 e. The molecule has 1 aliphatic rings. The number of nitrogens with one attached hydrogen (secondary N) is 2. The molecule has 0 radical (unpaired) electrons. The van der Waals surface area contributed by atoms with Crippen LogP contribution in [0.1, 0.15) is 30.9 Å². The molecule has 0 spiro atoms. The highest BCUT2D eigenvalue weighted by Gasteiger charge is 2.28. The number of urea groups is 1. The Labute approximate surface area is 152 Å². The SMILES string of the molecule is COc1cccc(C2CCCCN2C(=O)Nc2ccc3cn[nH]c3c2)c1. The summed E-state index contributed by atoms with van der Waals surface area (Å²) in [5.74, 6) is 0.818. The fraction of sp³-hybridized carbons (Fsp3) is 0.300. The van der Waals surface area contributed by atoms with E-state index in [9.17, 15) is 4.79 Å². The Morgan fingerprint density at radius 3 is 3.08 bits per heavy atom. The van der Waals surface area contributed by atoms with Gasteiger partial charge in [-0.2, -0.15) is 5.10 Å². The van der Waals surface area contributed by atoms with Crippen molar-refractivity contribution in [3.8, 4) is 5.75 Å². The molecule has 3 aromatic rings. The first-order chi connectivity index (χ1) is 12.7. The van der Waals surface area contributed by atoms with Crippen molar-refractivity contribution in [1.29, 1.82) is 0 Å². The number of piperidine rings is 1. The molecule has 2 N–H and O–H groups in total. The summed E-state index contributed by atoms with van der Waals surface area (Å²) in [5, 5.41) is 11.0. The van der Waals surface area contributed by atoms with Crippen LogP contribution < -0.4 is 10.1 Å². The number of methoxy groups -OCH3 is 1. The fourth-order valence-electron chi connectivity index (χ4n) is 3.58. The first kappa shape index (κ1) is 16.4. The van der Waals surface area contributed by atoms with Crippen molar-refractivity contribution in [3.63, 3.8) is 0 Å². The van der Waals surface area contributed by atoms with Crippen molar-refractivity contribution in [2.75, 3.05) is 19.0 Å². The molecule has 1 unspecified atom stereocenters. The zero-order valence-corrected chi connectivity index (χ0v) is 14.7. The van der Waals surface area contributed by atoms with Crippen molar-refractivity contribution < 1.29 is 9.53 Å². The lowest BCUT2D eigenvalue weighted by Crippen LogP contribution is -2.41. The Bertz CT molecular complexity index is 921. The number of anilines is 1. The van der Waals surface area contributed by atoms with Crippen molar-refractivity contribution in [3.05, 3.63) is 54.2 Å². The third-order valence-electron chi connectivity index (χ3n) is 4.94. The summed E-state index contributed by atoms with van der Waals surface area (Å²) < 4.78 is 5.34. The zero-order valence-electron chi connectivity index (χ0n) is 14.7. The van der Waals surface area contributed by atoms with Crippen molar-refractivity contribution in [2.45, 2.75) is 25.3 Å². The average Bonchev–Trinajstić information content (AvgIpc) is 3.16. The van der Waals surface area contributed by atoms with E-state index >= 15 is 0 Å². The van der Waals surface area contributed by atoms with Crippen LogP contribution in [0.5, 0.6) is 5.75 Å². The summed E-state index contributed by atoms with van der Waals surface area (Å²) in [6.07, 6.45) is 4.86. The second-order valence-electron chi connectivity index (χ2n) is 6.58. The largest absolute Gasteiger partial charge is 0.497 e. The Kier molecular flexibility index (Phi) is 4.48. The molecule has 1 aromatic heterocycles. The number of fused-ring (bicyclic) bond motifs is 1. The van der Waals surface area contributed by atoms with Gasteiger partial charge in [0.1, 0.15) is 5.75 Å². The molecule has 1 aliphatic heterocycles. The molecule has 0 aliphatic carbocycles. The minimum atomic E-state index is -0.0728. The molecule has 0 saturated carbocycles. The standard InChI is InChI=1S/C20H22N4O2/c1-26-17-6-4-5-14(11-17)19-7-2-3-10-24(19)20(25)22-16-9-8-15-13-21-23-18(15)12-16/h4-6,8-9,11-13,19H,2-3,7,10H2,1H3,(H,21,23)(H,22,25). The van der Waals surface area contributed by atoms with Crippen LogP contribution in [0.3, 0.4) is 0 Å². The van der Waals surface area contributed by atoms with Crippen LogP contribution in [-0.4, -0.2) is 34.8 Å². The minimum absolute atomic E-state index is 0.0646. The number of hydrogen-bond acceptors (Lipinski definition) is 3. The lowest BCUT2D eigenvalue weighted by Gasteiger charge is -2.36. The monoisotopic (exact) mass is 350 g/mol. The van der Waals surface area contributed by atoms with Gasteiger partial charge in [-0.1, -0.05) is 12.1 Å². The Hall–Kier alpha value is -3.02. The maximum atomic E-state index is 12.9. The molecule has 0 bridgehead atoms. The molecule has 2 heterocycles. The van der Waals surface area contributed by atoms with Crippen LogP contribution in [0.2, 0.25) is 0 Å². The average molecular weight is 350 g/mol. The molecule has 2 amide bonds. The number of carbonyl (C=O) groups is 1. The maximum absolute atomic E-state index is 12.9. The van der Waals surface area contributed by atoms with E-state index in [1.165, 1.54) is 0 Å². The van der Waals surface area contributed by atoms with Crippen LogP contribution in [0.25, 0.3) is 10.9 Å². The number of likely N-dealkylation sites (tertiary alicyclic amines) is 1. The molecule has 26 heavy (non-hydrogen) atoms. The molecular formula is C20H22N4O2. The van der Waals surface area contributed by atoms with Gasteiger partial charge in [0.05, 0.1) is 24.9 Å². The topological polar surface area (TPSA) is 70.2 Å². The van der Waals surface area contributed by atoms with Crippen LogP contribution in [-0.2, 0) is 0 Å². The number of carbonyl (C=O) groups excluding carboxylic acids is 1. The predicted molar refractivity (Wildman–Crippen MR) is 101 cm³/mol. The Morgan fingerprint density at radius 1 is 1.27 bits per heavy atom. The second kappa shape index (κ2) is 7.07. The molecule has 4 rings (SSSR count). The highest BCUT2D eigenvalue weighted by molar-refractivity contribution is 5.92. The van der Waals surface area contributed by atoms with Crippen LogP contribution in [0, 0.1) is 0 Å². The molecule has 1 fully saturated rings. The van der Waals surface area contributed by atoms with E-state index in [0.717, 1.165) is 53.7 Å². The lowest BCUT2D eigenvalue weighted by molar-refractivity contribution is 0.163. The predicted octanol–water partition coefficient (Wildman–Crippen LogP) is 4.33. The third kappa shape index (κ3) is 3.22. The third-order valence-corrected chi connectivity index (χ3v) is 4.94. The van der Waals surface area contributed by atoms with Crippen molar-refractivity contribution in [1.82, 2.24) is 15.1 Å². The summed E-state index contributed by atoms with van der Waals surface area (Å²) in [6, 6.07) is 13.7. The van der Waals surface area contributed by atoms with Gasteiger partial charge in [-0.25, -0.2) is 4.79 Å². The fourth-order valence-corrected chi connectivity index (χ4v) is 3.58. The minimum Gasteiger partial charge on any atom is -0.497 e. The number of aromatic nitrogens is 2. The molecule has 2 aromatic carbocycles. The quantitative estimate of drug-likeness (QED) is 0.738. The Balaban J connectivity index is 1.55. The molecule has 1 atom stereocenters. The lowest BCUT2D eigenvalue weighted by atomic mass is 9.95. The number of rotatable bonds is 3. The van der Waals surface area contributed by atoms with Crippen molar-refractivity contribution >= 4 is 22.6 Å². The molecular weight excluding hydrogens is 328 g/mol. The van der Waals surface area contributed by atoms with E-state index in [1.807, 2.05) is 41.3 Å². The van der Waals surface area contributed by atoms with E-state index in [-0.39, 0.29) is 12.1 Å².